The Labute approximate surface area is 117 Å². The molecule has 1 fully saturated rings. The molecule has 2 N–H and O–H groups in total. The molecular formula is C14H18ClFN2O. The number of piperidine rings is 1. The van der Waals surface area contributed by atoms with Gasteiger partial charge in [-0.25, -0.2) is 4.39 Å². The van der Waals surface area contributed by atoms with Crippen molar-refractivity contribution in [3.8, 4) is 0 Å². The van der Waals surface area contributed by atoms with E-state index in [0.717, 1.165) is 13.0 Å². The molecule has 1 saturated heterocycles. The third-order valence-electron chi connectivity index (χ3n) is 3.70. The van der Waals surface area contributed by atoms with Gasteiger partial charge < -0.3 is 10.6 Å². The van der Waals surface area contributed by atoms with Gasteiger partial charge in [-0.15, -0.1) is 0 Å². The van der Waals surface area contributed by atoms with Gasteiger partial charge in [-0.1, -0.05) is 18.5 Å². The van der Waals surface area contributed by atoms with Crippen LogP contribution in [0, 0.1) is 11.7 Å². The summed E-state index contributed by atoms with van der Waals surface area (Å²) >= 11 is 5.61. The number of carbonyl (C=O) groups excluding carboxylic acids is 1. The van der Waals surface area contributed by atoms with Gasteiger partial charge in [0, 0.05) is 17.6 Å². The van der Waals surface area contributed by atoms with Gasteiger partial charge in [0.25, 0.3) is 5.91 Å². The van der Waals surface area contributed by atoms with Crippen LogP contribution in [0.3, 0.4) is 0 Å². The SMILES string of the molecule is CC1CCNC(C)C1NC(=O)c1ccc(Cl)c(F)c1. The highest BCUT2D eigenvalue weighted by Crippen LogP contribution is 2.18. The molecule has 0 bridgehead atoms. The van der Waals surface area contributed by atoms with E-state index in [2.05, 4.69) is 17.6 Å². The summed E-state index contributed by atoms with van der Waals surface area (Å²) in [6.45, 7) is 5.12. The summed E-state index contributed by atoms with van der Waals surface area (Å²) in [5.74, 6) is -0.433. The molecule has 1 amide bonds. The Morgan fingerprint density at radius 1 is 1.47 bits per heavy atom. The molecule has 104 valence electrons. The molecule has 0 aromatic heterocycles. The van der Waals surface area contributed by atoms with Gasteiger partial charge in [-0.2, -0.15) is 0 Å². The summed E-state index contributed by atoms with van der Waals surface area (Å²) in [7, 11) is 0. The van der Waals surface area contributed by atoms with Crippen molar-refractivity contribution in [2.75, 3.05) is 6.54 Å². The fraction of sp³-hybridized carbons (Fsp3) is 0.500. The fourth-order valence-electron chi connectivity index (χ4n) is 2.48. The molecule has 19 heavy (non-hydrogen) atoms. The molecule has 0 saturated carbocycles. The summed E-state index contributed by atoms with van der Waals surface area (Å²) in [6.07, 6.45) is 1.02. The van der Waals surface area contributed by atoms with E-state index in [9.17, 15) is 9.18 Å². The lowest BCUT2D eigenvalue weighted by atomic mass is 9.89. The van der Waals surface area contributed by atoms with E-state index in [4.69, 9.17) is 11.6 Å². The van der Waals surface area contributed by atoms with Crippen molar-refractivity contribution < 1.29 is 9.18 Å². The maximum absolute atomic E-state index is 13.3. The van der Waals surface area contributed by atoms with Crippen molar-refractivity contribution in [1.82, 2.24) is 10.6 Å². The van der Waals surface area contributed by atoms with Crippen LogP contribution in [0.5, 0.6) is 0 Å². The minimum Gasteiger partial charge on any atom is -0.347 e. The lowest BCUT2D eigenvalue weighted by molar-refractivity contribution is 0.0897. The molecule has 3 atom stereocenters. The average molecular weight is 285 g/mol. The quantitative estimate of drug-likeness (QED) is 0.876. The van der Waals surface area contributed by atoms with Crippen molar-refractivity contribution in [3.05, 3.63) is 34.6 Å². The van der Waals surface area contributed by atoms with Crippen LogP contribution in [0.25, 0.3) is 0 Å². The molecule has 1 aliphatic rings. The molecular weight excluding hydrogens is 267 g/mol. The summed E-state index contributed by atoms with van der Waals surface area (Å²) in [4.78, 5) is 12.1. The van der Waals surface area contributed by atoms with Crippen LogP contribution in [0.15, 0.2) is 18.2 Å². The van der Waals surface area contributed by atoms with Gasteiger partial charge in [0.1, 0.15) is 5.82 Å². The molecule has 5 heteroatoms. The van der Waals surface area contributed by atoms with E-state index >= 15 is 0 Å². The number of halogens is 2. The van der Waals surface area contributed by atoms with Crippen molar-refractivity contribution in [3.63, 3.8) is 0 Å². The smallest absolute Gasteiger partial charge is 0.251 e. The highest BCUT2D eigenvalue weighted by atomic mass is 35.5. The summed E-state index contributed by atoms with van der Waals surface area (Å²) in [6, 6.07) is 4.37. The first kappa shape index (κ1) is 14.3. The van der Waals surface area contributed by atoms with Crippen LogP contribution in [-0.2, 0) is 0 Å². The van der Waals surface area contributed by atoms with Crippen LogP contribution in [0.1, 0.15) is 30.6 Å². The van der Waals surface area contributed by atoms with E-state index in [0.29, 0.717) is 11.5 Å². The minimum atomic E-state index is -0.572. The van der Waals surface area contributed by atoms with Gasteiger partial charge >= 0.3 is 0 Å². The van der Waals surface area contributed by atoms with Crippen LogP contribution >= 0.6 is 11.6 Å². The first-order valence-corrected chi connectivity index (χ1v) is 6.86. The Bertz CT molecular complexity index is 471. The Hall–Kier alpha value is -1.13. The molecule has 3 unspecified atom stereocenters. The highest BCUT2D eigenvalue weighted by Gasteiger charge is 2.28. The van der Waals surface area contributed by atoms with E-state index in [-0.39, 0.29) is 23.0 Å². The van der Waals surface area contributed by atoms with Crippen molar-refractivity contribution in [1.29, 1.82) is 0 Å². The van der Waals surface area contributed by atoms with E-state index in [1.54, 1.807) is 0 Å². The van der Waals surface area contributed by atoms with Gasteiger partial charge in [0.2, 0.25) is 0 Å². The predicted molar refractivity (Wildman–Crippen MR) is 73.9 cm³/mol. The number of rotatable bonds is 2. The largest absolute Gasteiger partial charge is 0.347 e. The van der Waals surface area contributed by atoms with E-state index in [1.807, 2.05) is 6.92 Å². The minimum absolute atomic E-state index is 0.0256. The zero-order chi connectivity index (χ0) is 14.0. The van der Waals surface area contributed by atoms with Crippen LogP contribution in [0.2, 0.25) is 5.02 Å². The average Bonchev–Trinajstić information content (AvgIpc) is 2.37. The molecule has 0 radical (unpaired) electrons. The van der Waals surface area contributed by atoms with E-state index in [1.165, 1.54) is 18.2 Å². The first-order valence-electron chi connectivity index (χ1n) is 6.48. The maximum atomic E-state index is 13.3. The summed E-state index contributed by atoms with van der Waals surface area (Å²) in [5, 5.41) is 6.33. The number of hydrogen-bond acceptors (Lipinski definition) is 2. The number of hydrogen-bond donors (Lipinski definition) is 2. The highest BCUT2D eigenvalue weighted by molar-refractivity contribution is 6.30. The Morgan fingerprint density at radius 3 is 2.84 bits per heavy atom. The zero-order valence-corrected chi connectivity index (χ0v) is 11.8. The lowest BCUT2D eigenvalue weighted by Crippen LogP contribution is -2.55. The molecule has 0 spiro atoms. The van der Waals surface area contributed by atoms with Gasteiger partial charge in [-0.05, 0) is 44.0 Å². The van der Waals surface area contributed by atoms with Gasteiger partial charge in [-0.3, -0.25) is 4.79 Å². The number of amides is 1. The molecule has 1 aliphatic heterocycles. The van der Waals surface area contributed by atoms with Crippen LogP contribution in [-0.4, -0.2) is 24.5 Å². The number of nitrogens with one attached hydrogen (secondary N) is 2. The second-order valence-corrected chi connectivity index (χ2v) is 5.54. The second-order valence-electron chi connectivity index (χ2n) is 5.14. The zero-order valence-electron chi connectivity index (χ0n) is 11.0. The summed E-state index contributed by atoms with van der Waals surface area (Å²) < 4.78 is 13.3. The van der Waals surface area contributed by atoms with Gasteiger partial charge in [0.05, 0.1) is 5.02 Å². The topological polar surface area (TPSA) is 41.1 Å². The summed E-state index contributed by atoms with van der Waals surface area (Å²) in [5.41, 5.74) is 0.298. The number of benzene rings is 1. The molecule has 2 rings (SSSR count). The fourth-order valence-corrected chi connectivity index (χ4v) is 2.59. The number of carbonyl (C=O) groups is 1. The van der Waals surface area contributed by atoms with Crippen molar-refractivity contribution in [2.45, 2.75) is 32.4 Å². The molecule has 1 heterocycles. The Morgan fingerprint density at radius 2 is 2.21 bits per heavy atom. The predicted octanol–water partition coefficient (Wildman–Crippen LogP) is 2.60. The monoisotopic (exact) mass is 284 g/mol. The Kier molecular flexibility index (Phi) is 4.42. The van der Waals surface area contributed by atoms with Crippen LogP contribution < -0.4 is 10.6 Å². The Balaban J connectivity index is 2.09. The second kappa shape index (κ2) is 5.88. The van der Waals surface area contributed by atoms with Crippen molar-refractivity contribution >= 4 is 17.5 Å². The van der Waals surface area contributed by atoms with Gasteiger partial charge in [0.15, 0.2) is 0 Å². The third-order valence-corrected chi connectivity index (χ3v) is 4.00. The third kappa shape index (κ3) is 3.25. The van der Waals surface area contributed by atoms with Crippen LogP contribution in [0.4, 0.5) is 4.39 Å². The molecule has 1 aromatic carbocycles. The van der Waals surface area contributed by atoms with E-state index < -0.39 is 5.82 Å². The molecule has 3 nitrogen and oxygen atoms in total. The normalized spacial score (nSPS) is 27.1. The molecule has 0 aliphatic carbocycles. The standard InChI is InChI=1S/C14H18ClFN2O/c1-8-5-6-17-9(2)13(8)18-14(19)10-3-4-11(15)12(16)7-10/h3-4,7-9,13,17H,5-6H2,1-2H3,(H,18,19). The molecule has 1 aromatic rings. The maximum Gasteiger partial charge on any atom is 0.251 e. The van der Waals surface area contributed by atoms with Crippen molar-refractivity contribution in [2.24, 2.45) is 5.92 Å². The first-order chi connectivity index (χ1) is 8.99. The lowest BCUT2D eigenvalue weighted by Gasteiger charge is -2.36.